The van der Waals surface area contributed by atoms with Gasteiger partial charge in [-0.1, -0.05) is 78.3 Å². The van der Waals surface area contributed by atoms with Crippen molar-refractivity contribution in [2.45, 2.75) is 67.7 Å². The van der Waals surface area contributed by atoms with E-state index in [1.165, 1.54) is 18.3 Å². The summed E-state index contributed by atoms with van der Waals surface area (Å²) in [6.07, 6.45) is 9.37. The molecule has 0 spiro atoms. The quantitative estimate of drug-likeness (QED) is 0.180. The van der Waals surface area contributed by atoms with Crippen molar-refractivity contribution in [2.24, 2.45) is 10.8 Å². The van der Waals surface area contributed by atoms with Crippen LogP contribution in [-0.4, -0.2) is 21.8 Å². The third kappa shape index (κ3) is 7.36. The van der Waals surface area contributed by atoms with E-state index in [0.717, 1.165) is 35.1 Å². The Labute approximate surface area is 268 Å². The van der Waals surface area contributed by atoms with Gasteiger partial charge in [-0.25, -0.2) is 9.18 Å². The fourth-order valence-corrected chi connectivity index (χ4v) is 5.38. The van der Waals surface area contributed by atoms with Gasteiger partial charge in [0.15, 0.2) is 5.76 Å². The third-order valence-corrected chi connectivity index (χ3v) is 8.28. The largest absolute Gasteiger partial charge is 0.478 e. The van der Waals surface area contributed by atoms with Gasteiger partial charge in [0.25, 0.3) is 0 Å². The van der Waals surface area contributed by atoms with E-state index in [4.69, 9.17) is 16.0 Å². The van der Waals surface area contributed by atoms with Gasteiger partial charge in [-0.05, 0) is 83.2 Å². The number of furan rings is 1. The standard InChI is InChI=1S/C38H39ClFNO4/c1-9-10-11-27(33-22(2)16-28(21-41-33)36(43)44)20-38(7,8)23(3)34(42)32-19-26-13-12-24(25-14-15-30(39)31(40)18-25)17-29(35(26)45-32)37(4,5)6/h11-12,14-19,21H,3,9-10,20H2,1-2,4-8H3,(H,43,44)/b27-11+. The summed E-state index contributed by atoms with van der Waals surface area (Å²) in [5, 5.41) is 10.1. The van der Waals surface area contributed by atoms with Gasteiger partial charge in [-0.3, -0.25) is 9.78 Å². The first-order chi connectivity index (χ1) is 21.0. The average Bonchev–Trinajstić information content (AvgIpc) is 3.29. The Kier molecular flexibility index (Phi) is 9.72. The molecule has 1 aliphatic carbocycles. The van der Waals surface area contributed by atoms with Crippen LogP contribution in [0.5, 0.6) is 0 Å². The van der Waals surface area contributed by atoms with Crippen LogP contribution in [0, 0.1) is 23.6 Å². The van der Waals surface area contributed by atoms with Crippen molar-refractivity contribution in [1.82, 2.24) is 4.98 Å². The van der Waals surface area contributed by atoms with Gasteiger partial charge >= 0.3 is 5.97 Å². The van der Waals surface area contributed by atoms with E-state index in [2.05, 4.69) is 30.3 Å². The number of aryl methyl sites for hydroxylation is 1. The molecule has 45 heavy (non-hydrogen) atoms. The number of pyridine rings is 1. The molecule has 1 N–H and O–H groups in total. The molecule has 0 unspecified atom stereocenters. The lowest BCUT2D eigenvalue weighted by Gasteiger charge is -2.28. The zero-order valence-electron chi connectivity index (χ0n) is 26.9. The molecule has 7 heteroatoms. The highest BCUT2D eigenvalue weighted by atomic mass is 35.5. The number of carbonyl (C=O) groups excluding carboxylic acids is 1. The molecule has 0 bridgehead atoms. The number of rotatable bonds is 10. The van der Waals surface area contributed by atoms with E-state index < -0.39 is 17.2 Å². The molecular weight excluding hydrogens is 589 g/mol. The summed E-state index contributed by atoms with van der Waals surface area (Å²) >= 11 is 5.91. The topological polar surface area (TPSA) is 80.4 Å². The molecule has 2 aromatic heterocycles. The number of aromatic carboxylic acids is 1. The number of halogens is 2. The van der Waals surface area contributed by atoms with E-state index >= 15 is 0 Å². The Morgan fingerprint density at radius 3 is 2.47 bits per heavy atom. The normalized spacial score (nSPS) is 13.6. The molecule has 0 amide bonds. The van der Waals surface area contributed by atoms with Gasteiger partial charge in [0.2, 0.25) is 5.78 Å². The highest BCUT2D eigenvalue weighted by Gasteiger charge is 2.32. The maximum Gasteiger partial charge on any atom is 0.337 e. The van der Waals surface area contributed by atoms with Gasteiger partial charge < -0.3 is 9.52 Å². The summed E-state index contributed by atoms with van der Waals surface area (Å²) in [6, 6.07) is 7.97. The lowest BCUT2D eigenvalue weighted by Crippen LogP contribution is -2.26. The molecule has 0 aliphatic heterocycles. The number of fused-ring (bicyclic) bond motifs is 1. The Bertz CT molecular complexity index is 1930. The molecule has 0 saturated heterocycles. The summed E-state index contributed by atoms with van der Waals surface area (Å²) in [7, 11) is 0. The van der Waals surface area contributed by atoms with Crippen molar-refractivity contribution in [2.75, 3.05) is 0 Å². The lowest BCUT2D eigenvalue weighted by molar-refractivity contribution is 0.0696. The van der Waals surface area contributed by atoms with E-state index in [9.17, 15) is 19.1 Å². The molecule has 2 heterocycles. The molecule has 1 aromatic carbocycles. The van der Waals surface area contributed by atoms with E-state index in [1.54, 1.807) is 24.3 Å². The first kappa shape index (κ1) is 33.6. The maximum absolute atomic E-state index is 14.3. The summed E-state index contributed by atoms with van der Waals surface area (Å²) in [5.74, 6) is -1.69. The van der Waals surface area contributed by atoms with Crippen LogP contribution in [0.4, 0.5) is 4.39 Å². The van der Waals surface area contributed by atoms with Gasteiger partial charge in [0.1, 0.15) is 11.2 Å². The van der Waals surface area contributed by atoms with Crippen LogP contribution >= 0.6 is 11.6 Å². The molecule has 0 atom stereocenters. The van der Waals surface area contributed by atoms with Crippen LogP contribution in [0.3, 0.4) is 0 Å². The zero-order valence-corrected chi connectivity index (χ0v) is 27.7. The van der Waals surface area contributed by atoms with Crippen LogP contribution in [0.15, 0.2) is 71.3 Å². The first-order valence-corrected chi connectivity index (χ1v) is 15.3. The number of Topliss-reactive ketones (excluding diaryl/α,β-unsaturated/α-hetero) is 1. The van der Waals surface area contributed by atoms with Crippen molar-refractivity contribution in [3.05, 3.63) is 117 Å². The second-order valence-corrected chi connectivity index (χ2v) is 13.5. The summed E-state index contributed by atoms with van der Waals surface area (Å²) < 4.78 is 20.6. The van der Waals surface area contributed by atoms with Crippen molar-refractivity contribution >= 4 is 45.8 Å². The minimum Gasteiger partial charge on any atom is -0.478 e. The Morgan fingerprint density at radius 2 is 1.87 bits per heavy atom. The lowest BCUT2D eigenvalue weighted by atomic mass is 9.76. The van der Waals surface area contributed by atoms with Crippen molar-refractivity contribution in [3.63, 3.8) is 0 Å². The number of ketones is 1. The summed E-state index contributed by atoms with van der Waals surface area (Å²) in [4.78, 5) is 29.9. The number of carboxylic acids is 1. The average molecular weight is 628 g/mol. The van der Waals surface area contributed by atoms with Gasteiger partial charge in [0, 0.05) is 23.4 Å². The van der Waals surface area contributed by atoms with E-state index in [-0.39, 0.29) is 27.5 Å². The van der Waals surface area contributed by atoms with E-state index in [0.29, 0.717) is 33.9 Å². The van der Waals surface area contributed by atoms with Crippen LogP contribution in [0.2, 0.25) is 5.02 Å². The highest BCUT2D eigenvalue weighted by molar-refractivity contribution is 6.30. The number of hydrogen-bond donors (Lipinski definition) is 1. The number of allylic oxidation sites excluding steroid dienone is 6. The van der Waals surface area contributed by atoms with Crippen LogP contribution in [0.25, 0.3) is 22.5 Å². The predicted octanol–water partition coefficient (Wildman–Crippen LogP) is 8.74. The fraction of sp³-hybridized carbons (Fsp3) is 0.316. The molecule has 5 nitrogen and oxygen atoms in total. The minimum atomic E-state index is -1.03. The number of aromatic nitrogens is 1. The van der Waals surface area contributed by atoms with Crippen LogP contribution in [-0.2, 0) is 0 Å². The molecule has 0 radical (unpaired) electrons. The molecule has 234 valence electrons. The van der Waals surface area contributed by atoms with Gasteiger partial charge in [-0.2, -0.15) is 0 Å². The minimum absolute atomic E-state index is 0.0506. The van der Waals surface area contributed by atoms with Crippen molar-refractivity contribution < 1.29 is 23.5 Å². The first-order valence-electron chi connectivity index (χ1n) is 15.0. The Morgan fingerprint density at radius 1 is 1.16 bits per heavy atom. The summed E-state index contributed by atoms with van der Waals surface area (Å²) in [5.41, 5.74) is 7.85. The number of carbonyl (C=O) groups is 2. The molecule has 0 fully saturated rings. The van der Waals surface area contributed by atoms with Gasteiger partial charge in [0.05, 0.1) is 21.5 Å². The molecule has 0 saturated carbocycles. The molecule has 1 aliphatic rings. The number of hydrogen-bond acceptors (Lipinski definition) is 4. The number of nitrogens with zero attached hydrogens (tertiary/aromatic N) is 1. The number of benzene rings is 1. The monoisotopic (exact) mass is 627 g/mol. The van der Waals surface area contributed by atoms with Crippen LogP contribution in [0.1, 0.15) is 98.5 Å². The van der Waals surface area contributed by atoms with Crippen LogP contribution < -0.4 is 10.6 Å². The molecule has 3 aromatic rings. The van der Waals surface area contributed by atoms with Crippen molar-refractivity contribution in [1.29, 1.82) is 0 Å². The second-order valence-electron chi connectivity index (χ2n) is 13.1. The fourth-order valence-electron chi connectivity index (χ4n) is 5.27. The highest BCUT2D eigenvalue weighted by Crippen LogP contribution is 2.39. The predicted molar refractivity (Wildman–Crippen MR) is 179 cm³/mol. The summed E-state index contributed by atoms with van der Waals surface area (Å²) in [6.45, 7) is 18.2. The maximum atomic E-state index is 14.3. The van der Waals surface area contributed by atoms with E-state index in [1.807, 2.05) is 47.6 Å². The molecular formula is C38H39ClFNO4. The van der Waals surface area contributed by atoms with Gasteiger partial charge in [-0.15, -0.1) is 5.73 Å². The Hall–Kier alpha value is -4.25. The smallest absolute Gasteiger partial charge is 0.337 e. The third-order valence-electron chi connectivity index (χ3n) is 7.98. The molecule has 4 rings (SSSR count). The Balaban J connectivity index is 1.72. The SMILES string of the molecule is C=C(C(=O)c1cc2c(o1)=C(C(C)(C)C)C=C(c1ccc(Cl)c(F)c1)C=C=2)C(C)(C)C/C(=C\CCC)c1ncc(C(=O)O)cc1C. The number of unbranched alkanes of at least 4 members (excludes halogenated alkanes) is 1. The number of carboxylic acid groups (broad SMARTS) is 1. The second kappa shape index (κ2) is 13.0. The van der Waals surface area contributed by atoms with Crippen molar-refractivity contribution in [3.8, 4) is 0 Å². The zero-order chi connectivity index (χ0) is 33.3.